The van der Waals surface area contributed by atoms with E-state index in [9.17, 15) is 14.4 Å². The molecule has 2 fully saturated rings. The molecule has 0 N–H and O–H groups in total. The second-order valence-corrected chi connectivity index (χ2v) is 16.9. The molecule has 1 unspecified atom stereocenters. The molecule has 0 spiro atoms. The van der Waals surface area contributed by atoms with Crippen LogP contribution in [0.5, 0.6) is 0 Å². The Bertz CT molecular complexity index is 3110. The number of hydrogen-bond acceptors (Lipinski definition) is 11. The molecule has 6 heterocycles. The van der Waals surface area contributed by atoms with E-state index in [0.29, 0.717) is 51.5 Å². The number of hydrogen-bond donors (Lipinski definition) is 0. The van der Waals surface area contributed by atoms with Crippen molar-refractivity contribution in [1.82, 2.24) is 38.3 Å². The smallest absolute Gasteiger partial charge is 0.333 e. The zero-order chi connectivity index (χ0) is 42.2. The molecule has 2 saturated heterocycles. The van der Waals surface area contributed by atoms with Crippen molar-refractivity contribution in [3.63, 3.8) is 0 Å². The first-order valence-electron chi connectivity index (χ1n) is 20.0. The van der Waals surface area contributed by atoms with Gasteiger partial charge in [-0.2, -0.15) is 5.26 Å². The molecule has 308 valence electrons. The standard InChI is InChI=1S/C22H19BrN6O.C22H20BrN5O3/c23-17-8-9-19-18(12-17)20(30)28(14-16-6-4-15(13-24)5-7-16)22-26-25-21(29(19)22)27-10-2-1-3-11-27;1-31-20(30)18(14-7-3-2-4-8-14)28-19(29)16-13-15(23)9-10-17(16)27-21(24-25-22(27)28)26-11-5-6-12-26/h4-9,12H,1-3,10-11,14H2;2-4,7-10,13,18H,5-6,11-12H2,1H3. The monoisotopic (exact) mass is 943 g/mol. The third-order valence-corrected chi connectivity index (χ3v) is 12.3. The molecular formula is C44H39Br2N11O4. The summed E-state index contributed by atoms with van der Waals surface area (Å²) in [6, 6.07) is 28.8. The van der Waals surface area contributed by atoms with Gasteiger partial charge in [0.2, 0.25) is 23.5 Å². The van der Waals surface area contributed by atoms with Crippen molar-refractivity contribution >= 4 is 83.1 Å². The fraction of sp³-hybridized carbons (Fsp3) is 0.273. The Hall–Kier alpha value is -6.38. The lowest BCUT2D eigenvalue weighted by Crippen LogP contribution is -2.33. The lowest BCUT2D eigenvalue weighted by atomic mass is 10.1. The Morgan fingerprint density at radius 1 is 0.705 bits per heavy atom. The second kappa shape index (κ2) is 16.9. The highest BCUT2D eigenvalue weighted by molar-refractivity contribution is 9.10. The number of fused-ring (bicyclic) bond motifs is 6. The number of rotatable bonds is 7. The molecule has 10 rings (SSSR count). The van der Waals surface area contributed by atoms with Gasteiger partial charge >= 0.3 is 5.97 Å². The number of nitriles is 1. The summed E-state index contributed by atoms with van der Waals surface area (Å²) >= 11 is 6.96. The van der Waals surface area contributed by atoms with Gasteiger partial charge in [-0.25, -0.2) is 13.6 Å². The van der Waals surface area contributed by atoms with Gasteiger partial charge in [0.1, 0.15) is 0 Å². The van der Waals surface area contributed by atoms with E-state index in [1.165, 1.54) is 18.1 Å². The van der Waals surface area contributed by atoms with Crippen LogP contribution in [-0.4, -0.2) is 77.6 Å². The van der Waals surface area contributed by atoms with Gasteiger partial charge < -0.3 is 14.5 Å². The number of piperidine rings is 1. The van der Waals surface area contributed by atoms with E-state index in [0.717, 1.165) is 77.8 Å². The number of benzene rings is 4. The maximum atomic E-state index is 13.7. The molecular weight excluding hydrogens is 906 g/mol. The first-order chi connectivity index (χ1) is 29.7. The van der Waals surface area contributed by atoms with Gasteiger partial charge in [-0.05, 0) is 91.8 Å². The molecule has 61 heavy (non-hydrogen) atoms. The van der Waals surface area contributed by atoms with Crippen LogP contribution < -0.4 is 20.9 Å². The van der Waals surface area contributed by atoms with E-state index in [4.69, 9.17) is 10.00 Å². The number of carbonyl (C=O) groups is 1. The zero-order valence-corrected chi connectivity index (χ0v) is 36.3. The van der Waals surface area contributed by atoms with Crippen LogP contribution in [0, 0.1) is 11.3 Å². The van der Waals surface area contributed by atoms with Crippen molar-refractivity contribution in [2.45, 2.75) is 44.7 Å². The number of esters is 1. The summed E-state index contributed by atoms with van der Waals surface area (Å²) in [6.07, 6.45) is 5.64. The number of nitrogens with zero attached hydrogens (tertiary/aromatic N) is 11. The summed E-state index contributed by atoms with van der Waals surface area (Å²) in [5, 5.41) is 27.8. The van der Waals surface area contributed by atoms with Crippen LogP contribution in [0.15, 0.2) is 110 Å². The van der Waals surface area contributed by atoms with Crippen LogP contribution in [0.25, 0.3) is 33.4 Å². The van der Waals surface area contributed by atoms with Crippen LogP contribution in [0.3, 0.4) is 0 Å². The SMILES string of the molecule is COC(=O)C(c1ccccc1)n1c(=O)c2cc(Br)ccc2n2c(N3CCCC3)nnc12.N#Cc1ccc(Cn2c(=O)c3cc(Br)ccc3n3c(N4CCCCC4)nnc23)cc1. The first-order valence-corrected chi connectivity index (χ1v) is 21.6. The van der Waals surface area contributed by atoms with Crippen molar-refractivity contribution in [2.75, 3.05) is 43.1 Å². The lowest BCUT2D eigenvalue weighted by molar-refractivity contribution is -0.143. The minimum Gasteiger partial charge on any atom is -0.467 e. The Kier molecular flexibility index (Phi) is 11.1. The highest BCUT2D eigenvalue weighted by atomic mass is 79.9. The molecule has 0 radical (unpaired) electrons. The Morgan fingerprint density at radius 3 is 1.82 bits per heavy atom. The van der Waals surface area contributed by atoms with E-state index in [-0.39, 0.29) is 11.1 Å². The summed E-state index contributed by atoms with van der Waals surface area (Å²) in [4.78, 5) is 44.4. The quantitative estimate of drug-likeness (QED) is 0.153. The summed E-state index contributed by atoms with van der Waals surface area (Å²) in [7, 11) is 1.32. The molecule has 2 aliphatic rings. The summed E-state index contributed by atoms with van der Waals surface area (Å²) < 4.78 is 13.6. The van der Waals surface area contributed by atoms with Crippen LogP contribution in [0.1, 0.15) is 54.8 Å². The van der Waals surface area contributed by atoms with Crippen molar-refractivity contribution in [3.8, 4) is 6.07 Å². The van der Waals surface area contributed by atoms with Gasteiger partial charge in [0.05, 0.1) is 47.1 Å². The van der Waals surface area contributed by atoms with Crippen molar-refractivity contribution in [1.29, 1.82) is 5.26 Å². The van der Waals surface area contributed by atoms with Gasteiger partial charge in [0.15, 0.2) is 6.04 Å². The third kappa shape index (κ3) is 7.44. The molecule has 17 heteroatoms. The largest absolute Gasteiger partial charge is 0.467 e. The van der Waals surface area contributed by atoms with Gasteiger partial charge in [0, 0.05) is 35.1 Å². The van der Waals surface area contributed by atoms with E-state index in [2.05, 4.69) is 68.1 Å². The number of aromatic nitrogens is 8. The molecule has 0 amide bonds. The molecule has 0 saturated carbocycles. The number of methoxy groups -OCH3 is 1. The minimum atomic E-state index is -0.986. The highest BCUT2D eigenvalue weighted by Gasteiger charge is 2.31. The van der Waals surface area contributed by atoms with E-state index in [1.807, 2.05) is 69.5 Å². The predicted octanol–water partition coefficient (Wildman–Crippen LogP) is 6.89. The summed E-state index contributed by atoms with van der Waals surface area (Å²) in [6.45, 7) is 3.98. The number of ether oxygens (including phenoxy) is 1. The van der Waals surface area contributed by atoms with Crippen molar-refractivity contribution in [3.05, 3.63) is 137 Å². The van der Waals surface area contributed by atoms with Crippen molar-refractivity contribution < 1.29 is 9.53 Å². The number of anilines is 2. The summed E-state index contributed by atoms with van der Waals surface area (Å²) in [5.41, 5.74) is 3.22. The van der Waals surface area contributed by atoms with Gasteiger partial charge in [0.25, 0.3) is 11.1 Å². The second-order valence-electron chi connectivity index (χ2n) is 15.0. The van der Waals surface area contributed by atoms with Crippen LogP contribution >= 0.6 is 31.9 Å². The Morgan fingerprint density at radius 2 is 1.25 bits per heavy atom. The average Bonchev–Trinajstić information content (AvgIpc) is 4.09. The molecule has 4 aromatic carbocycles. The fourth-order valence-electron chi connectivity index (χ4n) is 8.30. The molecule has 0 bridgehead atoms. The average molecular weight is 946 g/mol. The van der Waals surface area contributed by atoms with Gasteiger partial charge in [-0.15, -0.1) is 20.4 Å². The van der Waals surface area contributed by atoms with E-state index in [1.54, 1.807) is 34.9 Å². The Labute approximate surface area is 365 Å². The Balaban J connectivity index is 0.000000156. The van der Waals surface area contributed by atoms with E-state index < -0.39 is 12.0 Å². The van der Waals surface area contributed by atoms with Crippen molar-refractivity contribution in [2.24, 2.45) is 0 Å². The van der Waals surface area contributed by atoms with Crippen LogP contribution in [0.4, 0.5) is 11.9 Å². The topological polar surface area (TPSA) is 161 Å². The molecule has 1 atom stereocenters. The molecule has 8 aromatic rings. The number of carbonyl (C=O) groups excluding carboxylic acids is 1. The van der Waals surface area contributed by atoms with Gasteiger partial charge in [-0.1, -0.05) is 74.3 Å². The molecule has 0 aliphatic carbocycles. The summed E-state index contributed by atoms with van der Waals surface area (Å²) in [5.74, 6) is 1.74. The predicted molar refractivity (Wildman–Crippen MR) is 239 cm³/mol. The first kappa shape index (κ1) is 40.0. The fourth-order valence-corrected chi connectivity index (χ4v) is 9.03. The minimum absolute atomic E-state index is 0.110. The van der Waals surface area contributed by atoms with Crippen LogP contribution in [-0.2, 0) is 16.1 Å². The highest BCUT2D eigenvalue weighted by Crippen LogP contribution is 2.29. The molecule has 4 aromatic heterocycles. The maximum Gasteiger partial charge on any atom is 0.333 e. The van der Waals surface area contributed by atoms with Gasteiger partial charge in [-0.3, -0.25) is 18.7 Å². The zero-order valence-electron chi connectivity index (χ0n) is 33.1. The van der Waals surface area contributed by atoms with Crippen LogP contribution in [0.2, 0.25) is 0 Å². The molecule has 2 aliphatic heterocycles. The number of halogens is 2. The lowest BCUT2D eigenvalue weighted by Gasteiger charge is -2.26. The maximum absolute atomic E-state index is 13.7. The normalized spacial score (nSPS) is 14.7. The third-order valence-electron chi connectivity index (χ3n) is 11.3. The molecule has 15 nitrogen and oxygen atoms in total. The van der Waals surface area contributed by atoms with E-state index >= 15 is 0 Å².